The second-order valence-electron chi connectivity index (χ2n) is 5.86. The third-order valence-corrected chi connectivity index (χ3v) is 3.82. The van der Waals surface area contributed by atoms with E-state index in [1.165, 1.54) is 11.0 Å². The highest BCUT2D eigenvalue weighted by atomic mass is 16.2. The Morgan fingerprint density at radius 3 is 2.58 bits per heavy atom. The maximum Gasteiger partial charge on any atom is 0.258 e. The van der Waals surface area contributed by atoms with Crippen molar-refractivity contribution in [1.82, 2.24) is 20.2 Å². The zero-order valence-corrected chi connectivity index (χ0v) is 13.9. The van der Waals surface area contributed by atoms with Gasteiger partial charge < -0.3 is 4.90 Å². The Balaban J connectivity index is 2.00. The fourth-order valence-electron chi connectivity index (χ4n) is 2.66. The van der Waals surface area contributed by atoms with Crippen molar-refractivity contribution in [2.45, 2.75) is 26.8 Å². The molecule has 24 heavy (non-hydrogen) atoms. The molecule has 0 saturated carbocycles. The number of amides is 1. The van der Waals surface area contributed by atoms with Crippen LogP contribution in [0.1, 0.15) is 29.8 Å². The van der Waals surface area contributed by atoms with Crippen LogP contribution >= 0.6 is 0 Å². The summed E-state index contributed by atoms with van der Waals surface area (Å²) in [6.45, 7) is 6.03. The highest BCUT2D eigenvalue weighted by Gasteiger charge is 2.22. The van der Waals surface area contributed by atoms with Crippen LogP contribution in [0.25, 0.3) is 5.69 Å². The molecule has 0 fully saturated rings. The minimum atomic E-state index is -0.0470. The van der Waals surface area contributed by atoms with Crippen LogP contribution in [0.3, 0.4) is 0 Å². The maximum atomic E-state index is 13.1. The van der Waals surface area contributed by atoms with E-state index in [9.17, 15) is 4.79 Å². The number of hydrogen-bond acceptors (Lipinski definition) is 4. The van der Waals surface area contributed by atoms with E-state index in [1.54, 1.807) is 6.07 Å². The molecule has 0 saturated heterocycles. The topological polar surface area (TPSA) is 63.9 Å². The number of aromatic nitrogens is 4. The average molecular weight is 321 g/mol. The number of para-hydroxylation sites is 1. The van der Waals surface area contributed by atoms with Gasteiger partial charge in [0.15, 0.2) is 0 Å². The number of carbonyl (C=O) groups excluding carboxylic acids is 1. The van der Waals surface area contributed by atoms with Crippen LogP contribution in [0.5, 0.6) is 0 Å². The number of anilines is 1. The van der Waals surface area contributed by atoms with Crippen LogP contribution < -0.4 is 4.90 Å². The van der Waals surface area contributed by atoms with Crippen LogP contribution in [-0.2, 0) is 0 Å². The molecule has 0 bridgehead atoms. The summed E-state index contributed by atoms with van der Waals surface area (Å²) >= 11 is 0. The van der Waals surface area contributed by atoms with E-state index in [0.29, 0.717) is 5.56 Å². The first kappa shape index (κ1) is 15.9. The van der Waals surface area contributed by atoms with Gasteiger partial charge >= 0.3 is 0 Å². The fourth-order valence-corrected chi connectivity index (χ4v) is 2.66. The summed E-state index contributed by atoms with van der Waals surface area (Å²) in [4.78, 5) is 14.9. The minimum Gasteiger partial charge on any atom is -0.306 e. The molecule has 3 aromatic rings. The van der Waals surface area contributed by atoms with E-state index in [4.69, 9.17) is 0 Å². The van der Waals surface area contributed by atoms with Crippen LogP contribution in [0.15, 0.2) is 54.9 Å². The highest BCUT2D eigenvalue weighted by Crippen LogP contribution is 2.24. The zero-order valence-electron chi connectivity index (χ0n) is 13.9. The van der Waals surface area contributed by atoms with Crippen molar-refractivity contribution in [2.75, 3.05) is 4.90 Å². The van der Waals surface area contributed by atoms with Gasteiger partial charge in [0.1, 0.15) is 6.33 Å². The Morgan fingerprint density at radius 1 is 1.12 bits per heavy atom. The van der Waals surface area contributed by atoms with Gasteiger partial charge in [0.05, 0.1) is 5.69 Å². The molecule has 1 heterocycles. The van der Waals surface area contributed by atoms with Crippen LogP contribution in [0, 0.1) is 6.92 Å². The second-order valence-corrected chi connectivity index (χ2v) is 5.86. The minimum absolute atomic E-state index is 0.0373. The predicted molar refractivity (Wildman–Crippen MR) is 92.3 cm³/mol. The lowest BCUT2D eigenvalue weighted by atomic mass is 10.1. The molecule has 3 rings (SSSR count). The van der Waals surface area contributed by atoms with Gasteiger partial charge in [-0.2, -0.15) is 0 Å². The molecule has 0 atom stereocenters. The van der Waals surface area contributed by atoms with Gasteiger partial charge in [-0.25, -0.2) is 4.68 Å². The van der Waals surface area contributed by atoms with Crippen LogP contribution in [0.2, 0.25) is 0 Å². The van der Waals surface area contributed by atoms with E-state index in [1.807, 2.05) is 68.1 Å². The fraction of sp³-hybridized carbons (Fsp3) is 0.222. The monoisotopic (exact) mass is 321 g/mol. The van der Waals surface area contributed by atoms with Crippen molar-refractivity contribution in [3.8, 4) is 5.69 Å². The number of hydrogen-bond donors (Lipinski definition) is 0. The first-order valence-electron chi connectivity index (χ1n) is 7.80. The molecule has 0 aliphatic heterocycles. The van der Waals surface area contributed by atoms with E-state index < -0.39 is 0 Å². The molecule has 0 N–H and O–H groups in total. The van der Waals surface area contributed by atoms with Crippen molar-refractivity contribution >= 4 is 11.6 Å². The zero-order chi connectivity index (χ0) is 17.1. The van der Waals surface area contributed by atoms with Gasteiger partial charge in [0.25, 0.3) is 5.91 Å². The van der Waals surface area contributed by atoms with Crippen molar-refractivity contribution in [1.29, 1.82) is 0 Å². The first-order chi connectivity index (χ1) is 11.6. The summed E-state index contributed by atoms with van der Waals surface area (Å²) in [6, 6.07) is 15.2. The summed E-state index contributed by atoms with van der Waals surface area (Å²) in [5.41, 5.74) is 3.33. The summed E-state index contributed by atoms with van der Waals surface area (Å²) < 4.78 is 1.53. The molecule has 6 nitrogen and oxygen atoms in total. The SMILES string of the molecule is Cc1ccccc1N(C(=O)c1cccc(-n2cnnn2)c1)C(C)C. The molecule has 122 valence electrons. The van der Waals surface area contributed by atoms with Gasteiger partial charge in [0.2, 0.25) is 0 Å². The predicted octanol–water partition coefficient (Wildman–Crippen LogP) is 3.03. The van der Waals surface area contributed by atoms with Gasteiger partial charge in [-0.3, -0.25) is 4.79 Å². The third kappa shape index (κ3) is 3.03. The molecule has 0 aliphatic carbocycles. The van der Waals surface area contributed by atoms with E-state index >= 15 is 0 Å². The number of aryl methyl sites for hydroxylation is 1. The molecule has 0 aliphatic rings. The van der Waals surface area contributed by atoms with Crippen LogP contribution in [-0.4, -0.2) is 32.2 Å². The number of benzene rings is 2. The van der Waals surface area contributed by atoms with E-state index in [0.717, 1.165) is 16.9 Å². The van der Waals surface area contributed by atoms with Crippen molar-refractivity contribution in [3.05, 3.63) is 66.0 Å². The molecule has 1 amide bonds. The Morgan fingerprint density at radius 2 is 1.92 bits per heavy atom. The van der Waals surface area contributed by atoms with E-state index in [-0.39, 0.29) is 11.9 Å². The standard InChI is InChI=1S/C18H19N5O/c1-13(2)23(17-10-5-4-7-14(17)3)18(24)15-8-6-9-16(11-15)22-12-19-20-21-22/h4-13H,1-3H3. The molecule has 2 aromatic carbocycles. The lowest BCUT2D eigenvalue weighted by Gasteiger charge is -2.28. The highest BCUT2D eigenvalue weighted by molar-refractivity contribution is 6.07. The summed E-state index contributed by atoms with van der Waals surface area (Å²) in [5.74, 6) is -0.0470. The lowest BCUT2D eigenvalue weighted by Crippen LogP contribution is -2.37. The number of rotatable bonds is 4. The smallest absolute Gasteiger partial charge is 0.258 e. The van der Waals surface area contributed by atoms with Gasteiger partial charge in [-0.15, -0.1) is 5.10 Å². The molecule has 1 aromatic heterocycles. The summed E-state index contributed by atoms with van der Waals surface area (Å²) in [5, 5.41) is 11.1. The molecular weight excluding hydrogens is 302 g/mol. The number of tetrazole rings is 1. The Kier molecular flexibility index (Phi) is 4.37. The Labute approximate surface area is 140 Å². The molecular formula is C18H19N5O. The largest absolute Gasteiger partial charge is 0.306 e. The maximum absolute atomic E-state index is 13.1. The van der Waals surface area contributed by atoms with Gasteiger partial charge in [-0.1, -0.05) is 24.3 Å². The van der Waals surface area contributed by atoms with Crippen molar-refractivity contribution in [3.63, 3.8) is 0 Å². The third-order valence-electron chi connectivity index (χ3n) is 3.82. The molecule has 0 radical (unpaired) electrons. The second kappa shape index (κ2) is 6.62. The van der Waals surface area contributed by atoms with Crippen molar-refractivity contribution in [2.24, 2.45) is 0 Å². The quantitative estimate of drug-likeness (QED) is 0.741. The normalized spacial score (nSPS) is 10.8. The van der Waals surface area contributed by atoms with Crippen LogP contribution in [0.4, 0.5) is 5.69 Å². The number of nitrogens with zero attached hydrogens (tertiary/aromatic N) is 5. The molecule has 6 heteroatoms. The first-order valence-corrected chi connectivity index (χ1v) is 7.80. The summed E-state index contributed by atoms with van der Waals surface area (Å²) in [6.07, 6.45) is 1.51. The average Bonchev–Trinajstić information content (AvgIpc) is 3.11. The lowest BCUT2D eigenvalue weighted by molar-refractivity contribution is 0.0980. The Bertz CT molecular complexity index is 842. The summed E-state index contributed by atoms with van der Waals surface area (Å²) in [7, 11) is 0. The number of carbonyl (C=O) groups is 1. The molecule has 0 unspecified atom stereocenters. The molecule has 0 spiro atoms. The van der Waals surface area contributed by atoms with Crippen molar-refractivity contribution < 1.29 is 4.79 Å². The van der Waals surface area contributed by atoms with Gasteiger partial charge in [-0.05, 0) is 61.0 Å². The Hall–Kier alpha value is -3.02. The van der Waals surface area contributed by atoms with Gasteiger partial charge in [0, 0.05) is 17.3 Å². The van der Waals surface area contributed by atoms with E-state index in [2.05, 4.69) is 15.5 Å².